The topological polar surface area (TPSA) is 81.2 Å². The second-order valence-electron chi connectivity index (χ2n) is 5.96. The van der Waals surface area contributed by atoms with Crippen LogP contribution in [0.15, 0.2) is 86.6 Å². The van der Waals surface area contributed by atoms with E-state index >= 15 is 0 Å². The van der Waals surface area contributed by atoms with Crippen LogP contribution in [0.3, 0.4) is 0 Å². The third-order valence-electron chi connectivity index (χ3n) is 3.95. The highest BCUT2D eigenvalue weighted by Crippen LogP contribution is 2.25. The van der Waals surface area contributed by atoms with Gasteiger partial charge in [-0.25, -0.2) is 21.8 Å². The SMILES string of the molecule is Cc1ccc(S(=O)(=O)c2ccnc(S(=O)(=O)c3ccc(C)cc3)c2)cc1. The second-order valence-corrected chi connectivity index (χ2v) is 9.81. The van der Waals surface area contributed by atoms with Gasteiger partial charge in [-0.05, 0) is 50.2 Å². The summed E-state index contributed by atoms with van der Waals surface area (Å²) in [6.45, 7) is 3.71. The number of pyridine rings is 1. The van der Waals surface area contributed by atoms with Crippen molar-refractivity contribution in [1.82, 2.24) is 4.98 Å². The van der Waals surface area contributed by atoms with Crippen molar-refractivity contribution in [3.05, 3.63) is 78.0 Å². The van der Waals surface area contributed by atoms with Crippen molar-refractivity contribution in [2.24, 2.45) is 0 Å². The molecule has 0 aliphatic rings. The van der Waals surface area contributed by atoms with E-state index < -0.39 is 19.7 Å². The van der Waals surface area contributed by atoms with Gasteiger partial charge in [0.1, 0.15) is 0 Å². The van der Waals surface area contributed by atoms with E-state index in [0.29, 0.717) is 0 Å². The van der Waals surface area contributed by atoms with Crippen LogP contribution in [0.5, 0.6) is 0 Å². The Morgan fingerprint density at radius 1 is 0.615 bits per heavy atom. The van der Waals surface area contributed by atoms with Gasteiger partial charge in [0.2, 0.25) is 19.7 Å². The van der Waals surface area contributed by atoms with Gasteiger partial charge in [0.05, 0.1) is 14.7 Å². The van der Waals surface area contributed by atoms with Gasteiger partial charge < -0.3 is 0 Å². The molecule has 0 fully saturated rings. The van der Waals surface area contributed by atoms with E-state index in [0.717, 1.165) is 17.2 Å². The Morgan fingerprint density at radius 3 is 1.58 bits per heavy atom. The molecule has 0 atom stereocenters. The van der Waals surface area contributed by atoms with Crippen molar-refractivity contribution in [2.45, 2.75) is 33.6 Å². The summed E-state index contributed by atoms with van der Waals surface area (Å²) in [5.41, 5.74) is 1.86. The van der Waals surface area contributed by atoms with Crippen LogP contribution in [0.25, 0.3) is 0 Å². The van der Waals surface area contributed by atoms with Crippen molar-refractivity contribution >= 4 is 19.7 Å². The Kier molecular flexibility index (Phi) is 4.68. The number of sulfone groups is 2. The number of benzene rings is 2. The highest BCUT2D eigenvalue weighted by molar-refractivity contribution is 7.92. The lowest BCUT2D eigenvalue weighted by molar-refractivity contribution is 0.590. The quantitative estimate of drug-likeness (QED) is 0.686. The molecule has 0 unspecified atom stereocenters. The summed E-state index contributed by atoms with van der Waals surface area (Å²) in [6.07, 6.45) is 1.20. The summed E-state index contributed by atoms with van der Waals surface area (Å²) >= 11 is 0. The molecule has 0 N–H and O–H groups in total. The first-order valence-electron chi connectivity index (χ1n) is 7.81. The molecule has 26 heavy (non-hydrogen) atoms. The number of aryl methyl sites for hydroxylation is 2. The van der Waals surface area contributed by atoms with E-state index in [9.17, 15) is 16.8 Å². The first-order chi connectivity index (χ1) is 12.2. The Labute approximate surface area is 153 Å². The Morgan fingerprint density at radius 2 is 1.08 bits per heavy atom. The largest absolute Gasteiger partial charge is 0.244 e. The zero-order valence-corrected chi connectivity index (χ0v) is 15.9. The van der Waals surface area contributed by atoms with E-state index in [1.807, 2.05) is 13.8 Å². The Bertz CT molecular complexity index is 1060. The fraction of sp³-hybridized carbons (Fsp3) is 0.105. The number of hydrogen-bond acceptors (Lipinski definition) is 5. The van der Waals surface area contributed by atoms with Gasteiger partial charge in [0, 0.05) is 6.20 Å². The summed E-state index contributed by atoms with van der Waals surface area (Å²) in [7, 11) is -7.73. The molecular formula is C19H17NO4S2. The molecule has 0 aliphatic carbocycles. The van der Waals surface area contributed by atoms with E-state index in [1.54, 1.807) is 24.3 Å². The molecule has 0 amide bonds. The summed E-state index contributed by atoms with van der Waals surface area (Å²) in [5, 5.41) is -0.297. The van der Waals surface area contributed by atoms with Crippen LogP contribution in [0, 0.1) is 13.8 Å². The molecular weight excluding hydrogens is 370 g/mol. The second kappa shape index (κ2) is 6.66. The number of hydrogen-bond donors (Lipinski definition) is 0. The third kappa shape index (κ3) is 3.40. The maximum absolute atomic E-state index is 12.8. The summed E-state index contributed by atoms with van der Waals surface area (Å²) in [6, 6.07) is 15.1. The van der Waals surface area contributed by atoms with Crippen molar-refractivity contribution in [3.8, 4) is 0 Å². The molecule has 3 rings (SSSR count). The van der Waals surface area contributed by atoms with E-state index in [-0.39, 0.29) is 19.7 Å². The van der Waals surface area contributed by atoms with Gasteiger partial charge in [-0.2, -0.15) is 0 Å². The Hall–Kier alpha value is -2.51. The lowest BCUT2D eigenvalue weighted by Crippen LogP contribution is -2.08. The number of nitrogens with zero attached hydrogens (tertiary/aromatic N) is 1. The van der Waals surface area contributed by atoms with E-state index in [1.165, 1.54) is 36.5 Å². The van der Waals surface area contributed by atoms with Gasteiger partial charge in [-0.1, -0.05) is 35.4 Å². The fourth-order valence-electron chi connectivity index (χ4n) is 2.40. The number of rotatable bonds is 4. The molecule has 134 valence electrons. The lowest BCUT2D eigenvalue weighted by Gasteiger charge is -2.08. The monoisotopic (exact) mass is 387 g/mol. The highest BCUT2D eigenvalue weighted by atomic mass is 32.2. The molecule has 0 aliphatic heterocycles. The minimum absolute atomic E-state index is 0.0699. The zero-order chi connectivity index (χ0) is 18.9. The van der Waals surface area contributed by atoms with E-state index in [4.69, 9.17) is 0 Å². The lowest BCUT2D eigenvalue weighted by atomic mass is 10.2. The molecule has 0 bridgehead atoms. The molecule has 0 radical (unpaired) electrons. The standard InChI is InChI=1S/C19H17NO4S2/c1-14-3-7-16(8-4-14)25(21,22)18-11-12-20-19(13-18)26(23,24)17-9-5-15(2)6-10-17/h3-13H,1-2H3. The van der Waals surface area contributed by atoms with Crippen molar-refractivity contribution in [2.75, 3.05) is 0 Å². The molecule has 7 heteroatoms. The molecule has 1 heterocycles. The minimum Gasteiger partial charge on any atom is -0.244 e. The van der Waals surface area contributed by atoms with Crippen LogP contribution >= 0.6 is 0 Å². The first kappa shape index (κ1) is 18.3. The minimum atomic E-state index is -3.90. The van der Waals surface area contributed by atoms with Crippen LogP contribution < -0.4 is 0 Å². The average Bonchev–Trinajstić information content (AvgIpc) is 2.62. The van der Waals surface area contributed by atoms with Crippen LogP contribution in [-0.2, 0) is 19.7 Å². The smallest absolute Gasteiger partial charge is 0.223 e. The van der Waals surface area contributed by atoms with Crippen LogP contribution in [0.1, 0.15) is 11.1 Å². The zero-order valence-electron chi connectivity index (χ0n) is 14.2. The molecule has 3 aromatic rings. The predicted octanol–water partition coefficient (Wildman–Crippen LogP) is 3.36. The predicted molar refractivity (Wildman–Crippen MR) is 97.5 cm³/mol. The maximum Gasteiger partial charge on any atom is 0.223 e. The molecule has 5 nitrogen and oxygen atoms in total. The third-order valence-corrected chi connectivity index (χ3v) is 7.39. The van der Waals surface area contributed by atoms with Crippen molar-refractivity contribution in [3.63, 3.8) is 0 Å². The number of aromatic nitrogens is 1. The molecule has 0 spiro atoms. The average molecular weight is 387 g/mol. The van der Waals surface area contributed by atoms with Crippen LogP contribution in [0.4, 0.5) is 0 Å². The van der Waals surface area contributed by atoms with Crippen molar-refractivity contribution in [1.29, 1.82) is 0 Å². The first-order valence-corrected chi connectivity index (χ1v) is 10.8. The molecule has 0 saturated heterocycles. The van der Waals surface area contributed by atoms with Gasteiger partial charge in [0.25, 0.3) is 0 Å². The molecule has 2 aromatic carbocycles. The highest BCUT2D eigenvalue weighted by Gasteiger charge is 2.24. The van der Waals surface area contributed by atoms with E-state index in [2.05, 4.69) is 4.98 Å². The molecule has 0 saturated carbocycles. The van der Waals surface area contributed by atoms with Gasteiger partial charge in [-0.15, -0.1) is 0 Å². The fourth-order valence-corrected chi connectivity index (χ4v) is 4.96. The van der Waals surface area contributed by atoms with Crippen molar-refractivity contribution < 1.29 is 16.8 Å². The van der Waals surface area contributed by atoms with Gasteiger partial charge >= 0.3 is 0 Å². The maximum atomic E-state index is 12.8. The summed E-state index contributed by atoms with van der Waals surface area (Å²) in [4.78, 5) is 3.94. The molecule has 1 aromatic heterocycles. The van der Waals surface area contributed by atoms with Crippen LogP contribution in [0.2, 0.25) is 0 Å². The van der Waals surface area contributed by atoms with Gasteiger partial charge in [0.15, 0.2) is 5.03 Å². The van der Waals surface area contributed by atoms with Crippen LogP contribution in [-0.4, -0.2) is 21.8 Å². The van der Waals surface area contributed by atoms with Gasteiger partial charge in [-0.3, -0.25) is 0 Å². The summed E-state index contributed by atoms with van der Waals surface area (Å²) < 4.78 is 51.1. The normalized spacial score (nSPS) is 12.1. The Balaban J connectivity index is 2.08. The summed E-state index contributed by atoms with van der Waals surface area (Å²) in [5.74, 6) is 0.